The number of benzene rings is 1. The third-order valence-corrected chi connectivity index (χ3v) is 1.98. The number of aromatic nitrogens is 2. The zero-order valence-corrected chi connectivity index (χ0v) is 8.22. The van der Waals surface area contributed by atoms with Crippen LogP contribution in [0.1, 0.15) is 5.69 Å². The lowest BCUT2D eigenvalue weighted by Crippen LogP contribution is -2.02. The van der Waals surface area contributed by atoms with Gasteiger partial charge in [-0.3, -0.25) is 0 Å². The quantitative estimate of drug-likeness (QED) is 0.791. The second-order valence-electron chi connectivity index (χ2n) is 3.11. The number of para-hydroxylation sites is 1. The Balaban J connectivity index is 2.11. The van der Waals surface area contributed by atoms with Crippen molar-refractivity contribution in [3.8, 4) is 0 Å². The Bertz CT molecular complexity index is 410. The van der Waals surface area contributed by atoms with E-state index in [1.54, 1.807) is 0 Å². The summed E-state index contributed by atoms with van der Waals surface area (Å²) in [4.78, 5) is 0. The molecular formula is C11H12N4. The van der Waals surface area contributed by atoms with Crippen molar-refractivity contribution in [2.24, 2.45) is 5.73 Å². The molecule has 0 saturated carbocycles. The van der Waals surface area contributed by atoms with Crippen molar-refractivity contribution in [2.45, 2.75) is 6.54 Å². The maximum absolute atomic E-state index is 5.43. The van der Waals surface area contributed by atoms with Gasteiger partial charge in [-0.1, -0.05) is 18.2 Å². The Morgan fingerprint density at radius 3 is 2.40 bits per heavy atom. The van der Waals surface area contributed by atoms with E-state index in [2.05, 4.69) is 15.5 Å². The van der Waals surface area contributed by atoms with Crippen LogP contribution < -0.4 is 11.1 Å². The summed E-state index contributed by atoms with van der Waals surface area (Å²) in [6.07, 6.45) is 0. The summed E-state index contributed by atoms with van der Waals surface area (Å²) in [6.45, 7) is 0.415. The molecule has 2 aromatic rings. The number of nitrogens with two attached hydrogens (primary N) is 1. The molecule has 0 atom stereocenters. The molecule has 0 radical (unpaired) electrons. The van der Waals surface area contributed by atoms with E-state index < -0.39 is 0 Å². The van der Waals surface area contributed by atoms with E-state index in [9.17, 15) is 0 Å². The summed E-state index contributed by atoms with van der Waals surface area (Å²) in [5, 5.41) is 11.1. The highest BCUT2D eigenvalue weighted by Gasteiger charge is 1.96. The van der Waals surface area contributed by atoms with E-state index in [4.69, 9.17) is 5.73 Å². The van der Waals surface area contributed by atoms with Crippen LogP contribution in [0.3, 0.4) is 0 Å². The van der Waals surface area contributed by atoms with E-state index in [0.29, 0.717) is 6.54 Å². The molecule has 0 unspecified atom stereocenters. The zero-order chi connectivity index (χ0) is 10.5. The summed E-state index contributed by atoms with van der Waals surface area (Å²) in [5.41, 5.74) is 7.21. The van der Waals surface area contributed by atoms with Crippen molar-refractivity contribution in [3.05, 3.63) is 48.2 Å². The molecule has 0 fully saturated rings. The van der Waals surface area contributed by atoms with Crippen LogP contribution in [0, 0.1) is 0 Å². The molecule has 0 aliphatic heterocycles. The van der Waals surface area contributed by atoms with Gasteiger partial charge in [0, 0.05) is 12.2 Å². The van der Waals surface area contributed by atoms with Gasteiger partial charge in [0.2, 0.25) is 0 Å². The van der Waals surface area contributed by atoms with E-state index in [1.165, 1.54) is 0 Å². The van der Waals surface area contributed by atoms with Crippen LogP contribution in [-0.2, 0) is 6.54 Å². The molecule has 1 heterocycles. The first-order chi connectivity index (χ1) is 7.38. The van der Waals surface area contributed by atoms with Gasteiger partial charge in [0.05, 0.1) is 5.69 Å². The summed E-state index contributed by atoms with van der Waals surface area (Å²) >= 11 is 0. The number of nitrogens with zero attached hydrogens (tertiary/aromatic N) is 2. The minimum Gasteiger partial charge on any atom is -0.339 e. The van der Waals surface area contributed by atoms with Gasteiger partial charge in [-0.2, -0.15) is 5.10 Å². The van der Waals surface area contributed by atoms with Gasteiger partial charge in [-0.15, -0.1) is 5.10 Å². The smallest absolute Gasteiger partial charge is 0.153 e. The number of anilines is 2. The van der Waals surface area contributed by atoms with Gasteiger partial charge in [-0.05, 0) is 24.3 Å². The molecule has 4 heteroatoms. The average Bonchev–Trinajstić information content (AvgIpc) is 2.31. The third-order valence-electron chi connectivity index (χ3n) is 1.98. The lowest BCUT2D eigenvalue weighted by Gasteiger charge is -2.04. The molecule has 1 aromatic heterocycles. The fourth-order valence-electron chi connectivity index (χ4n) is 1.20. The Hall–Kier alpha value is -1.94. The standard InChI is InChI=1S/C11H12N4/c12-8-10-6-7-11(15-14-10)13-9-4-2-1-3-5-9/h1-7H,8,12H2,(H,13,15). The fraction of sp³-hybridized carbons (Fsp3) is 0.0909. The molecule has 76 valence electrons. The number of hydrogen-bond acceptors (Lipinski definition) is 4. The second-order valence-corrected chi connectivity index (χ2v) is 3.11. The largest absolute Gasteiger partial charge is 0.339 e. The lowest BCUT2D eigenvalue weighted by atomic mass is 10.3. The zero-order valence-electron chi connectivity index (χ0n) is 8.22. The summed E-state index contributed by atoms with van der Waals surface area (Å²) in [5.74, 6) is 0.721. The molecule has 3 N–H and O–H groups in total. The van der Waals surface area contributed by atoms with Gasteiger partial charge >= 0.3 is 0 Å². The fourth-order valence-corrected chi connectivity index (χ4v) is 1.20. The van der Waals surface area contributed by atoms with E-state index in [1.807, 2.05) is 42.5 Å². The molecule has 4 nitrogen and oxygen atoms in total. The predicted octanol–water partition coefficient (Wildman–Crippen LogP) is 1.68. The Morgan fingerprint density at radius 1 is 1.00 bits per heavy atom. The normalized spacial score (nSPS) is 9.93. The molecule has 0 bridgehead atoms. The third kappa shape index (κ3) is 2.51. The van der Waals surface area contributed by atoms with Crippen molar-refractivity contribution in [1.29, 1.82) is 0 Å². The maximum atomic E-state index is 5.43. The molecule has 0 spiro atoms. The average molecular weight is 200 g/mol. The highest BCUT2D eigenvalue weighted by Crippen LogP contribution is 2.12. The Labute approximate surface area is 88.2 Å². The molecular weight excluding hydrogens is 188 g/mol. The first kappa shape index (κ1) is 9.61. The Morgan fingerprint density at radius 2 is 1.80 bits per heavy atom. The van der Waals surface area contributed by atoms with E-state index in [-0.39, 0.29) is 0 Å². The summed E-state index contributed by atoms with van der Waals surface area (Å²) in [6, 6.07) is 13.6. The molecule has 0 aliphatic rings. The molecule has 0 amide bonds. The topological polar surface area (TPSA) is 63.8 Å². The van der Waals surface area contributed by atoms with Crippen molar-refractivity contribution in [3.63, 3.8) is 0 Å². The number of hydrogen-bond donors (Lipinski definition) is 2. The predicted molar refractivity (Wildman–Crippen MR) is 59.6 cm³/mol. The van der Waals surface area contributed by atoms with Gasteiger partial charge in [0.15, 0.2) is 5.82 Å². The van der Waals surface area contributed by atoms with Crippen LogP contribution in [-0.4, -0.2) is 10.2 Å². The van der Waals surface area contributed by atoms with Crippen molar-refractivity contribution in [1.82, 2.24) is 10.2 Å². The highest BCUT2D eigenvalue weighted by atomic mass is 15.2. The summed E-state index contributed by atoms with van der Waals surface area (Å²) in [7, 11) is 0. The molecule has 1 aromatic carbocycles. The first-order valence-electron chi connectivity index (χ1n) is 4.73. The van der Waals surface area contributed by atoms with E-state index >= 15 is 0 Å². The second kappa shape index (κ2) is 4.52. The Kier molecular flexibility index (Phi) is 2.90. The minimum absolute atomic E-state index is 0.415. The van der Waals surface area contributed by atoms with Crippen LogP contribution in [0.15, 0.2) is 42.5 Å². The van der Waals surface area contributed by atoms with Crippen molar-refractivity contribution in [2.75, 3.05) is 5.32 Å². The maximum Gasteiger partial charge on any atom is 0.153 e. The van der Waals surface area contributed by atoms with Crippen LogP contribution in [0.5, 0.6) is 0 Å². The lowest BCUT2D eigenvalue weighted by molar-refractivity contribution is 0.902. The SMILES string of the molecule is NCc1ccc(Nc2ccccc2)nn1. The van der Waals surface area contributed by atoms with Gasteiger partial charge < -0.3 is 11.1 Å². The first-order valence-corrected chi connectivity index (χ1v) is 4.73. The van der Waals surface area contributed by atoms with Crippen molar-refractivity contribution < 1.29 is 0 Å². The van der Waals surface area contributed by atoms with Crippen LogP contribution in [0.25, 0.3) is 0 Å². The van der Waals surface area contributed by atoms with Crippen LogP contribution in [0.2, 0.25) is 0 Å². The molecule has 2 rings (SSSR count). The minimum atomic E-state index is 0.415. The van der Waals surface area contributed by atoms with Gasteiger partial charge in [-0.25, -0.2) is 0 Å². The van der Waals surface area contributed by atoms with Gasteiger partial charge in [0.25, 0.3) is 0 Å². The van der Waals surface area contributed by atoms with Crippen LogP contribution >= 0.6 is 0 Å². The summed E-state index contributed by atoms with van der Waals surface area (Å²) < 4.78 is 0. The molecule has 0 saturated heterocycles. The van der Waals surface area contributed by atoms with Crippen LogP contribution in [0.4, 0.5) is 11.5 Å². The molecule has 0 aliphatic carbocycles. The number of rotatable bonds is 3. The van der Waals surface area contributed by atoms with Gasteiger partial charge in [0.1, 0.15) is 0 Å². The highest BCUT2D eigenvalue weighted by molar-refractivity contribution is 5.54. The number of nitrogens with one attached hydrogen (secondary N) is 1. The van der Waals surface area contributed by atoms with E-state index in [0.717, 1.165) is 17.2 Å². The van der Waals surface area contributed by atoms with Crippen molar-refractivity contribution >= 4 is 11.5 Å². The molecule has 15 heavy (non-hydrogen) atoms. The monoisotopic (exact) mass is 200 g/mol.